The van der Waals surface area contributed by atoms with Crippen LogP contribution in [0.25, 0.3) is 21.9 Å². The molecule has 0 aliphatic rings. The first-order valence-electron chi connectivity index (χ1n) is 9.15. The van der Waals surface area contributed by atoms with Crippen LogP contribution in [0.3, 0.4) is 0 Å². The number of amides is 1. The van der Waals surface area contributed by atoms with Crippen molar-refractivity contribution in [2.75, 3.05) is 26.1 Å². The highest BCUT2D eigenvalue weighted by Crippen LogP contribution is 2.36. The number of para-hydroxylation sites is 1. The van der Waals surface area contributed by atoms with Gasteiger partial charge in [0.05, 0.1) is 19.9 Å². The Hall–Kier alpha value is -3.67. The van der Waals surface area contributed by atoms with E-state index in [1.54, 1.807) is 26.4 Å². The maximum absolute atomic E-state index is 12.5. The quantitative estimate of drug-likeness (QED) is 0.505. The Bertz CT molecular complexity index is 1190. The summed E-state index contributed by atoms with van der Waals surface area (Å²) in [5, 5.41) is 4.75. The number of ether oxygens (including phenoxy) is 3. The van der Waals surface area contributed by atoms with Crippen molar-refractivity contribution in [3.05, 3.63) is 60.2 Å². The third kappa shape index (κ3) is 3.69. The molecule has 4 rings (SSSR count). The summed E-state index contributed by atoms with van der Waals surface area (Å²) in [6.45, 7) is 1.79. The van der Waals surface area contributed by atoms with Crippen molar-refractivity contribution in [3.8, 4) is 17.2 Å². The van der Waals surface area contributed by atoms with Gasteiger partial charge in [-0.1, -0.05) is 24.3 Å². The van der Waals surface area contributed by atoms with E-state index in [1.165, 1.54) is 0 Å². The second-order valence-corrected chi connectivity index (χ2v) is 6.64. The van der Waals surface area contributed by atoms with Gasteiger partial charge in [-0.15, -0.1) is 0 Å². The normalized spacial score (nSPS) is 10.9. The Balaban J connectivity index is 1.55. The van der Waals surface area contributed by atoms with E-state index >= 15 is 0 Å². The minimum atomic E-state index is -0.318. The molecule has 4 aromatic rings. The summed E-state index contributed by atoms with van der Waals surface area (Å²) in [6, 6.07) is 16.9. The second-order valence-electron chi connectivity index (χ2n) is 6.64. The SMILES string of the molecule is COc1cc2c(cc1NC(=O)COc1ccc(C)cc1OC)oc1ccccc12. The van der Waals surface area contributed by atoms with Crippen molar-refractivity contribution in [2.24, 2.45) is 0 Å². The van der Waals surface area contributed by atoms with Crippen LogP contribution < -0.4 is 19.5 Å². The molecule has 0 fully saturated rings. The molecule has 0 spiro atoms. The van der Waals surface area contributed by atoms with Gasteiger partial charge in [0.2, 0.25) is 0 Å². The average molecular weight is 391 g/mol. The second kappa shape index (κ2) is 7.75. The average Bonchev–Trinajstić information content (AvgIpc) is 3.09. The number of hydrogen-bond acceptors (Lipinski definition) is 5. The number of benzene rings is 3. The van der Waals surface area contributed by atoms with Crippen molar-refractivity contribution in [1.29, 1.82) is 0 Å². The number of carbonyl (C=O) groups is 1. The van der Waals surface area contributed by atoms with Crippen LogP contribution in [-0.2, 0) is 4.79 Å². The summed E-state index contributed by atoms with van der Waals surface area (Å²) in [7, 11) is 3.13. The molecule has 6 heteroatoms. The van der Waals surface area contributed by atoms with Gasteiger partial charge < -0.3 is 23.9 Å². The molecule has 0 saturated carbocycles. The van der Waals surface area contributed by atoms with Crippen LogP contribution in [0.4, 0.5) is 5.69 Å². The van der Waals surface area contributed by atoms with Gasteiger partial charge >= 0.3 is 0 Å². The van der Waals surface area contributed by atoms with Crippen LogP contribution in [0, 0.1) is 6.92 Å². The topological polar surface area (TPSA) is 69.9 Å². The van der Waals surface area contributed by atoms with Gasteiger partial charge in [0.25, 0.3) is 5.91 Å². The van der Waals surface area contributed by atoms with E-state index < -0.39 is 0 Å². The van der Waals surface area contributed by atoms with E-state index in [-0.39, 0.29) is 12.5 Å². The molecule has 1 aromatic heterocycles. The molecule has 0 atom stereocenters. The standard InChI is InChI=1S/C23H21NO5/c1-14-8-9-19(22(10-14)27-3)28-13-23(25)24-17-12-20-16(11-21(17)26-2)15-6-4-5-7-18(15)29-20/h4-12H,13H2,1-3H3,(H,24,25). The monoisotopic (exact) mass is 391 g/mol. The molecule has 0 aliphatic heterocycles. The number of methoxy groups -OCH3 is 2. The van der Waals surface area contributed by atoms with E-state index in [0.717, 1.165) is 21.9 Å². The fourth-order valence-electron chi connectivity index (χ4n) is 3.24. The maximum atomic E-state index is 12.5. The Morgan fingerprint density at radius 3 is 2.48 bits per heavy atom. The van der Waals surface area contributed by atoms with Crippen molar-refractivity contribution < 1.29 is 23.4 Å². The van der Waals surface area contributed by atoms with Crippen LogP contribution in [0.2, 0.25) is 0 Å². The largest absolute Gasteiger partial charge is 0.495 e. The van der Waals surface area contributed by atoms with Crippen LogP contribution >= 0.6 is 0 Å². The van der Waals surface area contributed by atoms with Gasteiger partial charge in [0.15, 0.2) is 18.1 Å². The van der Waals surface area contributed by atoms with Gasteiger partial charge in [-0.05, 0) is 36.8 Å². The molecule has 0 aliphatic carbocycles. The predicted molar refractivity (Wildman–Crippen MR) is 112 cm³/mol. The molecule has 3 aromatic carbocycles. The van der Waals surface area contributed by atoms with Crippen LogP contribution in [0.5, 0.6) is 17.2 Å². The van der Waals surface area contributed by atoms with E-state index in [4.69, 9.17) is 18.6 Å². The minimum Gasteiger partial charge on any atom is -0.495 e. The lowest BCUT2D eigenvalue weighted by Gasteiger charge is -2.13. The third-order valence-corrected chi connectivity index (χ3v) is 4.65. The molecule has 29 heavy (non-hydrogen) atoms. The first-order chi connectivity index (χ1) is 14.1. The Morgan fingerprint density at radius 1 is 0.897 bits per heavy atom. The number of furan rings is 1. The van der Waals surface area contributed by atoms with Gasteiger partial charge in [-0.3, -0.25) is 4.79 Å². The number of fused-ring (bicyclic) bond motifs is 3. The van der Waals surface area contributed by atoms with E-state index in [0.29, 0.717) is 28.5 Å². The molecule has 1 amide bonds. The zero-order chi connectivity index (χ0) is 20.4. The van der Waals surface area contributed by atoms with Crippen molar-refractivity contribution >= 4 is 33.5 Å². The summed E-state index contributed by atoms with van der Waals surface area (Å²) in [4.78, 5) is 12.5. The summed E-state index contributed by atoms with van der Waals surface area (Å²) in [6.07, 6.45) is 0. The van der Waals surface area contributed by atoms with E-state index in [9.17, 15) is 4.79 Å². The number of anilines is 1. The minimum absolute atomic E-state index is 0.166. The van der Waals surface area contributed by atoms with Gasteiger partial charge in [-0.25, -0.2) is 0 Å². The Kier molecular flexibility index (Phi) is 4.99. The number of nitrogens with one attached hydrogen (secondary N) is 1. The molecule has 1 N–H and O–H groups in total. The van der Waals surface area contributed by atoms with Crippen molar-refractivity contribution in [2.45, 2.75) is 6.92 Å². The maximum Gasteiger partial charge on any atom is 0.262 e. The van der Waals surface area contributed by atoms with Gasteiger partial charge in [0, 0.05) is 16.8 Å². The smallest absolute Gasteiger partial charge is 0.262 e. The molecule has 6 nitrogen and oxygen atoms in total. The Morgan fingerprint density at radius 2 is 1.69 bits per heavy atom. The molecule has 0 bridgehead atoms. The van der Waals surface area contributed by atoms with Gasteiger partial charge in [-0.2, -0.15) is 0 Å². The number of aryl methyl sites for hydroxylation is 1. The molecule has 0 unspecified atom stereocenters. The highest BCUT2D eigenvalue weighted by molar-refractivity contribution is 6.07. The highest BCUT2D eigenvalue weighted by atomic mass is 16.5. The third-order valence-electron chi connectivity index (χ3n) is 4.65. The van der Waals surface area contributed by atoms with E-state index in [1.807, 2.05) is 49.4 Å². The summed E-state index contributed by atoms with van der Waals surface area (Å²) in [5.41, 5.74) is 3.01. The highest BCUT2D eigenvalue weighted by Gasteiger charge is 2.15. The zero-order valence-electron chi connectivity index (χ0n) is 16.4. The van der Waals surface area contributed by atoms with Crippen LogP contribution in [-0.4, -0.2) is 26.7 Å². The lowest BCUT2D eigenvalue weighted by atomic mass is 10.1. The molecular formula is C23H21NO5. The van der Waals surface area contributed by atoms with Crippen molar-refractivity contribution in [1.82, 2.24) is 0 Å². The van der Waals surface area contributed by atoms with Crippen LogP contribution in [0.1, 0.15) is 5.56 Å². The Labute approximate surface area is 168 Å². The molecule has 1 heterocycles. The molecular weight excluding hydrogens is 370 g/mol. The number of rotatable bonds is 6. The zero-order valence-corrected chi connectivity index (χ0v) is 16.4. The summed E-state index contributed by atoms with van der Waals surface area (Å²) in [5.74, 6) is 1.32. The number of carbonyl (C=O) groups excluding carboxylic acids is 1. The van der Waals surface area contributed by atoms with Crippen LogP contribution in [0.15, 0.2) is 59.0 Å². The number of hydrogen-bond donors (Lipinski definition) is 1. The molecule has 148 valence electrons. The summed E-state index contributed by atoms with van der Waals surface area (Å²) >= 11 is 0. The molecule has 0 saturated heterocycles. The van der Waals surface area contributed by atoms with E-state index in [2.05, 4.69) is 5.32 Å². The molecule has 0 radical (unpaired) electrons. The van der Waals surface area contributed by atoms with Crippen molar-refractivity contribution in [3.63, 3.8) is 0 Å². The van der Waals surface area contributed by atoms with Gasteiger partial charge in [0.1, 0.15) is 16.9 Å². The summed E-state index contributed by atoms with van der Waals surface area (Å²) < 4.78 is 22.3. The first-order valence-corrected chi connectivity index (χ1v) is 9.15. The fraction of sp³-hybridized carbons (Fsp3) is 0.174. The lowest BCUT2D eigenvalue weighted by Crippen LogP contribution is -2.20. The lowest BCUT2D eigenvalue weighted by molar-refractivity contribution is -0.118. The predicted octanol–water partition coefficient (Wildman–Crippen LogP) is 4.93. The first kappa shape index (κ1) is 18.7. The fourth-order valence-corrected chi connectivity index (χ4v) is 3.24.